The Bertz CT molecular complexity index is 206. The van der Waals surface area contributed by atoms with Gasteiger partial charge in [-0.05, 0) is 13.3 Å². The van der Waals surface area contributed by atoms with Gasteiger partial charge in [0.25, 0.3) is 0 Å². The van der Waals surface area contributed by atoms with Crippen LogP contribution >= 0.6 is 0 Å². The number of rotatable bonds is 2. The van der Waals surface area contributed by atoms with Gasteiger partial charge in [0.1, 0.15) is 0 Å². The zero-order chi connectivity index (χ0) is 10.1. The predicted molar refractivity (Wildman–Crippen MR) is 50.0 cm³/mol. The fourth-order valence-electron chi connectivity index (χ4n) is 1.63. The van der Waals surface area contributed by atoms with Gasteiger partial charge in [-0.25, -0.2) is 0 Å². The van der Waals surface area contributed by atoms with Crippen LogP contribution in [0.25, 0.3) is 0 Å². The summed E-state index contributed by atoms with van der Waals surface area (Å²) in [6.07, 6.45) is 0.863. The molecule has 0 aromatic rings. The van der Waals surface area contributed by atoms with Crippen LogP contribution in [0.2, 0.25) is 0 Å². The fourth-order valence-corrected chi connectivity index (χ4v) is 1.63. The maximum atomic E-state index is 11.5. The highest BCUT2D eigenvalue weighted by Crippen LogP contribution is 2.29. The summed E-state index contributed by atoms with van der Waals surface area (Å²) in [5.74, 6) is -0.0165. The minimum atomic E-state index is -0.430. The van der Waals surface area contributed by atoms with Gasteiger partial charge in [0.15, 0.2) is 0 Å². The smallest absolute Gasteiger partial charge is 0.239 e. The normalized spacial score (nSPS) is 30.6. The van der Waals surface area contributed by atoms with Gasteiger partial charge in [-0.15, -0.1) is 0 Å². The number of aliphatic hydroxyl groups is 1. The third-order valence-electron chi connectivity index (χ3n) is 2.64. The standard InChI is InChI=1S/C9H18N2O2/c1-7(10)8(13)11-4-3-9(2,5-11)6-12/h7,12H,3-6,10H2,1-2H3. The van der Waals surface area contributed by atoms with Crippen LogP contribution in [0.3, 0.4) is 0 Å². The maximum Gasteiger partial charge on any atom is 0.239 e. The molecule has 0 aliphatic carbocycles. The fraction of sp³-hybridized carbons (Fsp3) is 0.889. The number of nitrogens with zero attached hydrogens (tertiary/aromatic N) is 1. The Morgan fingerprint density at radius 3 is 2.77 bits per heavy atom. The number of carbonyl (C=O) groups excluding carboxylic acids is 1. The van der Waals surface area contributed by atoms with Crippen LogP contribution in [0.4, 0.5) is 0 Å². The van der Waals surface area contributed by atoms with Crippen molar-refractivity contribution in [3.05, 3.63) is 0 Å². The molecule has 1 amide bonds. The van der Waals surface area contributed by atoms with E-state index in [1.54, 1.807) is 11.8 Å². The van der Waals surface area contributed by atoms with Gasteiger partial charge in [-0.3, -0.25) is 4.79 Å². The monoisotopic (exact) mass is 186 g/mol. The van der Waals surface area contributed by atoms with Crippen LogP contribution in [0.1, 0.15) is 20.3 Å². The number of hydrogen-bond acceptors (Lipinski definition) is 3. The summed E-state index contributed by atoms with van der Waals surface area (Å²) in [4.78, 5) is 13.2. The zero-order valence-electron chi connectivity index (χ0n) is 8.29. The van der Waals surface area contributed by atoms with E-state index < -0.39 is 6.04 Å². The van der Waals surface area contributed by atoms with E-state index in [9.17, 15) is 4.79 Å². The van der Waals surface area contributed by atoms with Crippen molar-refractivity contribution >= 4 is 5.91 Å². The van der Waals surface area contributed by atoms with Gasteiger partial charge < -0.3 is 15.7 Å². The molecule has 0 aromatic carbocycles. The second-order valence-electron chi connectivity index (χ2n) is 4.27. The van der Waals surface area contributed by atoms with E-state index in [2.05, 4.69) is 0 Å². The SMILES string of the molecule is CC(N)C(=O)N1CCC(C)(CO)C1. The number of likely N-dealkylation sites (tertiary alicyclic amines) is 1. The molecule has 4 nitrogen and oxygen atoms in total. The first-order chi connectivity index (χ1) is 5.98. The first-order valence-corrected chi connectivity index (χ1v) is 4.64. The highest BCUT2D eigenvalue weighted by molar-refractivity contribution is 5.81. The molecule has 0 aromatic heterocycles. The minimum absolute atomic E-state index is 0.0165. The molecule has 0 bridgehead atoms. The lowest BCUT2D eigenvalue weighted by Crippen LogP contribution is -2.41. The summed E-state index contributed by atoms with van der Waals surface area (Å²) < 4.78 is 0. The van der Waals surface area contributed by atoms with Crippen LogP contribution in [0.5, 0.6) is 0 Å². The quantitative estimate of drug-likeness (QED) is 0.614. The predicted octanol–water partition coefficient (Wildman–Crippen LogP) is -0.435. The Morgan fingerprint density at radius 2 is 2.38 bits per heavy atom. The van der Waals surface area contributed by atoms with Crippen molar-refractivity contribution in [1.29, 1.82) is 0 Å². The molecule has 76 valence electrons. The van der Waals surface area contributed by atoms with Gasteiger partial charge in [0.05, 0.1) is 12.6 Å². The van der Waals surface area contributed by atoms with Gasteiger partial charge >= 0.3 is 0 Å². The first kappa shape index (κ1) is 10.5. The average Bonchev–Trinajstić information content (AvgIpc) is 2.47. The highest BCUT2D eigenvalue weighted by atomic mass is 16.3. The molecular formula is C9H18N2O2. The van der Waals surface area contributed by atoms with Crippen LogP contribution in [-0.4, -0.2) is 41.7 Å². The summed E-state index contributed by atoms with van der Waals surface area (Å²) in [6.45, 7) is 5.16. The molecule has 1 rings (SSSR count). The van der Waals surface area contributed by atoms with E-state index in [1.165, 1.54) is 0 Å². The van der Waals surface area contributed by atoms with E-state index in [0.717, 1.165) is 13.0 Å². The van der Waals surface area contributed by atoms with Crippen molar-refractivity contribution in [1.82, 2.24) is 4.90 Å². The van der Waals surface area contributed by atoms with Gasteiger partial charge in [-0.2, -0.15) is 0 Å². The Morgan fingerprint density at radius 1 is 1.77 bits per heavy atom. The molecular weight excluding hydrogens is 168 g/mol. The number of amides is 1. The van der Waals surface area contributed by atoms with E-state index in [-0.39, 0.29) is 17.9 Å². The average molecular weight is 186 g/mol. The Balaban J connectivity index is 2.55. The summed E-state index contributed by atoms with van der Waals surface area (Å²) in [5.41, 5.74) is 5.37. The van der Waals surface area contributed by atoms with Crippen LogP contribution in [0, 0.1) is 5.41 Å². The molecule has 1 fully saturated rings. The van der Waals surface area contributed by atoms with E-state index in [0.29, 0.717) is 6.54 Å². The molecule has 0 radical (unpaired) electrons. The van der Waals surface area contributed by atoms with E-state index in [1.807, 2.05) is 6.92 Å². The topological polar surface area (TPSA) is 66.6 Å². The third-order valence-corrected chi connectivity index (χ3v) is 2.64. The largest absolute Gasteiger partial charge is 0.396 e. The van der Waals surface area contributed by atoms with Crippen LogP contribution in [0.15, 0.2) is 0 Å². The third kappa shape index (κ3) is 2.19. The van der Waals surface area contributed by atoms with Gasteiger partial charge in [-0.1, -0.05) is 6.92 Å². The van der Waals surface area contributed by atoms with Gasteiger partial charge in [0.2, 0.25) is 5.91 Å². The van der Waals surface area contributed by atoms with Crippen LogP contribution < -0.4 is 5.73 Å². The molecule has 1 saturated heterocycles. The Hall–Kier alpha value is -0.610. The second-order valence-corrected chi connectivity index (χ2v) is 4.27. The lowest BCUT2D eigenvalue weighted by molar-refractivity contribution is -0.131. The summed E-state index contributed by atoms with van der Waals surface area (Å²) in [5, 5.41) is 9.09. The number of hydrogen-bond donors (Lipinski definition) is 2. The number of nitrogens with two attached hydrogens (primary N) is 1. The van der Waals surface area contributed by atoms with Crippen LogP contribution in [-0.2, 0) is 4.79 Å². The zero-order valence-corrected chi connectivity index (χ0v) is 8.29. The van der Waals surface area contributed by atoms with Crippen molar-refractivity contribution < 1.29 is 9.90 Å². The molecule has 1 aliphatic rings. The van der Waals surface area contributed by atoms with Crippen molar-refractivity contribution in [2.75, 3.05) is 19.7 Å². The second kappa shape index (κ2) is 3.64. The van der Waals surface area contributed by atoms with Crippen molar-refractivity contribution in [3.8, 4) is 0 Å². The molecule has 4 heteroatoms. The number of carbonyl (C=O) groups is 1. The molecule has 1 aliphatic heterocycles. The summed E-state index contributed by atoms with van der Waals surface area (Å²) in [6, 6.07) is -0.430. The highest BCUT2D eigenvalue weighted by Gasteiger charge is 2.35. The lowest BCUT2D eigenvalue weighted by Gasteiger charge is -2.22. The first-order valence-electron chi connectivity index (χ1n) is 4.64. The molecule has 2 atom stereocenters. The molecule has 0 saturated carbocycles. The number of aliphatic hydroxyl groups excluding tert-OH is 1. The Kier molecular flexibility index (Phi) is 2.93. The van der Waals surface area contributed by atoms with E-state index >= 15 is 0 Å². The molecule has 0 spiro atoms. The van der Waals surface area contributed by atoms with E-state index in [4.69, 9.17) is 10.8 Å². The van der Waals surface area contributed by atoms with Gasteiger partial charge in [0, 0.05) is 18.5 Å². The Labute approximate surface area is 78.7 Å². The molecule has 13 heavy (non-hydrogen) atoms. The van der Waals surface area contributed by atoms with Crippen molar-refractivity contribution in [2.24, 2.45) is 11.1 Å². The minimum Gasteiger partial charge on any atom is -0.396 e. The molecule has 2 unspecified atom stereocenters. The van der Waals surface area contributed by atoms with Crippen molar-refractivity contribution in [2.45, 2.75) is 26.3 Å². The summed E-state index contributed by atoms with van der Waals surface area (Å²) >= 11 is 0. The lowest BCUT2D eigenvalue weighted by atomic mass is 9.91. The van der Waals surface area contributed by atoms with Crippen molar-refractivity contribution in [3.63, 3.8) is 0 Å². The summed E-state index contributed by atoms with van der Waals surface area (Å²) in [7, 11) is 0. The maximum absolute atomic E-state index is 11.5. The molecule has 3 N–H and O–H groups in total. The molecule has 1 heterocycles.